The van der Waals surface area contributed by atoms with Crippen molar-refractivity contribution in [1.29, 1.82) is 0 Å². The molecule has 114 valence electrons. The largest absolute Gasteiger partial charge is 0.389 e. The van der Waals surface area contributed by atoms with Crippen LogP contribution in [0.25, 0.3) is 0 Å². The number of hydrogen-bond acceptors (Lipinski definition) is 5. The molecule has 1 aromatic rings. The van der Waals surface area contributed by atoms with Crippen molar-refractivity contribution in [3.63, 3.8) is 0 Å². The number of aliphatic hydroxyl groups excluding tert-OH is 1. The average Bonchev–Trinajstić information content (AvgIpc) is 3.00. The van der Waals surface area contributed by atoms with Crippen LogP contribution in [-0.2, 0) is 11.3 Å². The molecule has 1 aliphatic rings. The van der Waals surface area contributed by atoms with Gasteiger partial charge < -0.3 is 19.6 Å². The van der Waals surface area contributed by atoms with Gasteiger partial charge in [-0.1, -0.05) is 6.07 Å². The fourth-order valence-corrected chi connectivity index (χ4v) is 3.43. The van der Waals surface area contributed by atoms with Gasteiger partial charge >= 0.3 is 0 Å². The molecular formula is C15H26N2O2S. The molecule has 0 aromatic carbocycles. The van der Waals surface area contributed by atoms with Crippen LogP contribution >= 0.6 is 11.3 Å². The van der Waals surface area contributed by atoms with Crippen molar-refractivity contribution in [3.05, 3.63) is 22.4 Å². The van der Waals surface area contributed by atoms with Crippen molar-refractivity contribution in [1.82, 2.24) is 9.80 Å². The first-order chi connectivity index (χ1) is 9.63. The van der Waals surface area contributed by atoms with Crippen LogP contribution in [0.1, 0.15) is 11.3 Å². The van der Waals surface area contributed by atoms with Gasteiger partial charge in [-0.15, -0.1) is 11.3 Å². The predicted octanol–water partition coefficient (Wildman–Crippen LogP) is 1.51. The highest BCUT2D eigenvalue weighted by molar-refractivity contribution is 7.09. The van der Waals surface area contributed by atoms with Gasteiger partial charge in [0.15, 0.2) is 0 Å². The van der Waals surface area contributed by atoms with Crippen molar-refractivity contribution in [2.45, 2.75) is 19.1 Å². The Bertz CT molecular complexity index is 370. The summed E-state index contributed by atoms with van der Waals surface area (Å²) in [6, 6.07) is 4.08. The van der Waals surface area contributed by atoms with E-state index >= 15 is 0 Å². The summed E-state index contributed by atoms with van der Waals surface area (Å²) in [6.07, 6.45) is 0.856. The Morgan fingerprint density at radius 1 is 1.55 bits per heavy atom. The van der Waals surface area contributed by atoms with E-state index in [4.69, 9.17) is 4.74 Å². The Kier molecular flexibility index (Phi) is 6.45. The first-order valence-corrected chi connectivity index (χ1v) is 8.16. The van der Waals surface area contributed by atoms with E-state index < -0.39 is 0 Å². The number of thiophene rings is 1. The highest BCUT2D eigenvalue weighted by Gasteiger charge is 2.24. The van der Waals surface area contributed by atoms with E-state index in [0.717, 1.165) is 32.1 Å². The monoisotopic (exact) mass is 298 g/mol. The van der Waals surface area contributed by atoms with Crippen LogP contribution < -0.4 is 0 Å². The molecule has 0 aliphatic carbocycles. The van der Waals surface area contributed by atoms with Gasteiger partial charge in [0.1, 0.15) is 0 Å². The number of aliphatic hydroxyl groups is 1. The van der Waals surface area contributed by atoms with Gasteiger partial charge in [-0.05, 0) is 44.4 Å². The van der Waals surface area contributed by atoms with Gasteiger partial charge in [0, 0.05) is 24.5 Å². The Morgan fingerprint density at radius 2 is 2.40 bits per heavy atom. The Balaban J connectivity index is 1.59. The van der Waals surface area contributed by atoms with Crippen molar-refractivity contribution >= 4 is 11.3 Å². The zero-order valence-corrected chi connectivity index (χ0v) is 13.3. The minimum absolute atomic E-state index is 0.381. The third kappa shape index (κ3) is 5.50. The Labute approximate surface area is 126 Å². The van der Waals surface area contributed by atoms with E-state index in [-0.39, 0.29) is 6.10 Å². The van der Waals surface area contributed by atoms with Crippen LogP contribution in [0.2, 0.25) is 0 Å². The second kappa shape index (κ2) is 8.10. The number of rotatable bonds is 8. The molecule has 1 N–H and O–H groups in total. The number of ether oxygens (including phenoxy) is 1. The molecule has 0 saturated carbocycles. The molecule has 1 saturated heterocycles. The van der Waals surface area contributed by atoms with Crippen molar-refractivity contribution in [2.24, 2.45) is 5.92 Å². The second-order valence-electron chi connectivity index (χ2n) is 5.92. The minimum Gasteiger partial charge on any atom is -0.389 e. The summed E-state index contributed by atoms with van der Waals surface area (Å²) in [4.78, 5) is 5.81. The van der Waals surface area contributed by atoms with Crippen molar-refractivity contribution < 1.29 is 9.84 Å². The Morgan fingerprint density at radius 3 is 3.10 bits per heavy atom. The van der Waals surface area contributed by atoms with Crippen LogP contribution in [0, 0.1) is 5.92 Å². The molecule has 0 unspecified atom stereocenters. The molecule has 4 nitrogen and oxygen atoms in total. The summed E-state index contributed by atoms with van der Waals surface area (Å²) >= 11 is 1.69. The van der Waals surface area contributed by atoms with Crippen LogP contribution in [-0.4, -0.2) is 67.9 Å². The minimum atomic E-state index is -0.381. The first-order valence-electron chi connectivity index (χ1n) is 7.28. The number of β-amino-alcohol motifs (C(OH)–C–C–N with tert-alkyl or cyclic N) is 1. The highest BCUT2D eigenvalue weighted by Crippen LogP contribution is 2.17. The van der Waals surface area contributed by atoms with E-state index in [9.17, 15) is 5.11 Å². The maximum Gasteiger partial charge on any atom is 0.0900 e. The van der Waals surface area contributed by atoms with Crippen LogP contribution in [0.15, 0.2) is 17.5 Å². The molecule has 0 bridgehead atoms. The molecule has 2 rings (SSSR count). The van der Waals surface area contributed by atoms with Crippen LogP contribution in [0.3, 0.4) is 0 Å². The Hall–Kier alpha value is -0.460. The summed E-state index contributed by atoms with van der Waals surface area (Å²) in [7, 11) is 4.24. The molecular weight excluding hydrogens is 272 g/mol. The lowest BCUT2D eigenvalue weighted by atomic mass is 10.1. The standard InChI is InChI=1S/C15H26N2O2S/c1-16(2)8-13-5-6-17(9-13)10-14(18)11-19-12-15-4-3-7-20-15/h3-4,7,13-14,18H,5-6,8-12H2,1-2H3/t13-,14+/m0/s1. The topological polar surface area (TPSA) is 35.9 Å². The van der Waals surface area contributed by atoms with E-state index in [1.165, 1.54) is 11.3 Å². The number of nitrogens with zero attached hydrogens (tertiary/aromatic N) is 2. The molecule has 1 fully saturated rings. The SMILES string of the molecule is CN(C)C[C@@H]1CCN(C[C@@H](O)COCc2cccs2)C1. The van der Waals surface area contributed by atoms with E-state index in [1.54, 1.807) is 11.3 Å². The third-order valence-corrected chi connectivity index (χ3v) is 4.45. The zero-order chi connectivity index (χ0) is 14.4. The highest BCUT2D eigenvalue weighted by atomic mass is 32.1. The number of hydrogen-bond donors (Lipinski definition) is 1. The van der Waals surface area contributed by atoms with Crippen molar-refractivity contribution in [3.8, 4) is 0 Å². The van der Waals surface area contributed by atoms with Crippen molar-refractivity contribution in [2.75, 3.05) is 46.9 Å². The summed E-state index contributed by atoms with van der Waals surface area (Å²) < 4.78 is 5.57. The molecule has 2 atom stereocenters. The van der Waals surface area contributed by atoms with E-state index in [2.05, 4.69) is 30.0 Å². The summed E-state index contributed by atoms with van der Waals surface area (Å²) in [5, 5.41) is 12.1. The number of likely N-dealkylation sites (tertiary alicyclic amines) is 1. The van der Waals surface area contributed by atoms with Gasteiger partial charge in [-0.25, -0.2) is 0 Å². The second-order valence-corrected chi connectivity index (χ2v) is 6.96. The van der Waals surface area contributed by atoms with Gasteiger partial charge in [0.05, 0.1) is 19.3 Å². The molecule has 0 radical (unpaired) electrons. The fourth-order valence-electron chi connectivity index (χ4n) is 2.79. The molecule has 1 aromatic heterocycles. The van der Waals surface area contributed by atoms with Gasteiger partial charge in [-0.3, -0.25) is 0 Å². The summed E-state index contributed by atoms with van der Waals surface area (Å²) in [5.74, 6) is 0.740. The third-order valence-electron chi connectivity index (χ3n) is 3.60. The maximum atomic E-state index is 10.0. The average molecular weight is 298 g/mol. The maximum absolute atomic E-state index is 10.0. The summed E-state index contributed by atoms with van der Waals surface area (Å²) in [5.41, 5.74) is 0. The lowest BCUT2D eigenvalue weighted by Crippen LogP contribution is -2.34. The molecule has 20 heavy (non-hydrogen) atoms. The van der Waals surface area contributed by atoms with Gasteiger partial charge in [-0.2, -0.15) is 0 Å². The fraction of sp³-hybridized carbons (Fsp3) is 0.733. The summed E-state index contributed by atoms with van der Waals surface area (Å²) in [6.45, 7) is 5.10. The normalized spacial score (nSPS) is 21.7. The molecule has 0 amide bonds. The van der Waals surface area contributed by atoms with Gasteiger partial charge in [0.25, 0.3) is 0 Å². The van der Waals surface area contributed by atoms with E-state index in [1.807, 2.05) is 11.4 Å². The lowest BCUT2D eigenvalue weighted by Gasteiger charge is -2.21. The predicted molar refractivity (Wildman–Crippen MR) is 83.1 cm³/mol. The zero-order valence-electron chi connectivity index (χ0n) is 12.5. The van der Waals surface area contributed by atoms with Crippen LogP contribution in [0.5, 0.6) is 0 Å². The smallest absolute Gasteiger partial charge is 0.0900 e. The van der Waals surface area contributed by atoms with Gasteiger partial charge in [0.2, 0.25) is 0 Å². The van der Waals surface area contributed by atoms with E-state index in [0.29, 0.717) is 13.2 Å². The quantitative estimate of drug-likeness (QED) is 0.789. The first kappa shape index (κ1) is 15.9. The molecule has 0 spiro atoms. The molecule has 1 aliphatic heterocycles. The lowest BCUT2D eigenvalue weighted by molar-refractivity contribution is 0.0136. The van der Waals surface area contributed by atoms with Crippen LogP contribution in [0.4, 0.5) is 0 Å². The molecule has 2 heterocycles. The molecule has 5 heteroatoms.